The summed E-state index contributed by atoms with van der Waals surface area (Å²) in [5.41, 5.74) is 3.42. The average molecular weight is 426 g/mol. The fourth-order valence-electron chi connectivity index (χ4n) is 2.97. The molecule has 5 nitrogen and oxygen atoms in total. The molecule has 0 aliphatic rings. The van der Waals surface area contributed by atoms with Crippen molar-refractivity contribution < 1.29 is 9.47 Å². The van der Waals surface area contributed by atoms with Crippen LogP contribution in [0.1, 0.15) is 11.1 Å². The van der Waals surface area contributed by atoms with Gasteiger partial charge in [-0.3, -0.25) is 0 Å². The van der Waals surface area contributed by atoms with E-state index in [0.717, 1.165) is 16.8 Å². The van der Waals surface area contributed by atoms with Crippen molar-refractivity contribution in [2.75, 3.05) is 7.11 Å². The lowest BCUT2D eigenvalue weighted by Gasteiger charge is -2.12. The van der Waals surface area contributed by atoms with E-state index in [-0.39, 0.29) is 0 Å². The summed E-state index contributed by atoms with van der Waals surface area (Å²) in [7, 11) is 1.61. The van der Waals surface area contributed by atoms with E-state index >= 15 is 0 Å². The van der Waals surface area contributed by atoms with Gasteiger partial charge in [-0.1, -0.05) is 66.4 Å². The van der Waals surface area contributed by atoms with Crippen molar-refractivity contribution in [2.24, 2.45) is 0 Å². The molecule has 0 fully saturated rings. The number of hydrogen-bond acceptors (Lipinski definition) is 6. The van der Waals surface area contributed by atoms with Gasteiger partial charge in [0.05, 0.1) is 24.4 Å². The number of para-hydroxylation sites is 2. The first-order chi connectivity index (χ1) is 15.2. The number of nitriles is 1. The molecule has 0 saturated carbocycles. The van der Waals surface area contributed by atoms with Crippen molar-refractivity contribution in [3.8, 4) is 34.7 Å². The van der Waals surface area contributed by atoms with Gasteiger partial charge in [0.1, 0.15) is 0 Å². The van der Waals surface area contributed by atoms with Gasteiger partial charge in [-0.25, -0.2) is 4.98 Å². The van der Waals surface area contributed by atoms with Crippen LogP contribution >= 0.6 is 11.8 Å². The van der Waals surface area contributed by atoms with Crippen LogP contribution in [0, 0.1) is 11.3 Å². The molecule has 31 heavy (non-hydrogen) atoms. The lowest BCUT2D eigenvalue weighted by Crippen LogP contribution is -1.97. The van der Waals surface area contributed by atoms with Gasteiger partial charge in [-0.2, -0.15) is 10.2 Å². The number of methoxy groups -OCH3 is 1. The van der Waals surface area contributed by atoms with Crippen LogP contribution in [0.2, 0.25) is 0 Å². The standard InChI is InChI=1S/C25H19N3O2S/c1-29-22-12-5-6-13-23(22)30-24-15-21(20-10-3-2-4-11-20)27-25(28-24)31-17-19-9-7-8-18(14-19)16-26/h2-15H,17H2,1H3. The second-order valence-electron chi connectivity index (χ2n) is 6.59. The van der Waals surface area contributed by atoms with E-state index in [9.17, 15) is 0 Å². The van der Waals surface area contributed by atoms with E-state index < -0.39 is 0 Å². The Hall–Kier alpha value is -3.82. The molecule has 0 aliphatic carbocycles. The molecule has 0 radical (unpaired) electrons. The summed E-state index contributed by atoms with van der Waals surface area (Å²) in [5.74, 6) is 2.29. The number of rotatable bonds is 7. The van der Waals surface area contributed by atoms with E-state index in [0.29, 0.717) is 33.9 Å². The van der Waals surface area contributed by atoms with Crippen LogP contribution in [0.15, 0.2) is 90.1 Å². The first kappa shape index (κ1) is 20.5. The van der Waals surface area contributed by atoms with Gasteiger partial charge in [-0.15, -0.1) is 0 Å². The molecule has 0 amide bonds. The van der Waals surface area contributed by atoms with Crippen molar-refractivity contribution in [1.82, 2.24) is 9.97 Å². The van der Waals surface area contributed by atoms with Crippen LogP contribution in [0.4, 0.5) is 0 Å². The molecular formula is C25H19N3O2S. The quantitative estimate of drug-likeness (QED) is 0.263. The van der Waals surface area contributed by atoms with Gasteiger partial charge >= 0.3 is 0 Å². The summed E-state index contributed by atoms with van der Waals surface area (Å²) in [4.78, 5) is 9.32. The molecule has 6 heteroatoms. The van der Waals surface area contributed by atoms with Crippen LogP contribution in [0.5, 0.6) is 17.4 Å². The summed E-state index contributed by atoms with van der Waals surface area (Å²) in [6.07, 6.45) is 0. The molecule has 0 bridgehead atoms. The van der Waals surface area contributed by atoms with Crippen LogP contribution in [0.25, 0.3) is 11.3 Å². The van der Waals surface area contributed by atoms with E-state index in [1.54, 1.807) is 13.2 Å². The lowest BCUT2D eigenvalue weighted by atomic mass is 10.1. The van der Waals surface area contributed by atoms with Gasteiger partial charge in [0, 0.05) is 17.4 Å². The Morgan fingerprint density at radius 1 is 0.871 bits per heavy atom. The Bertz CT molecular complexity index is 1220. The first-order valence-corrected chi connectivity index (χ1v) is 10.6. The Morgan fingerprint density at radius 2 is 1.65 bits per heavy atom. The van der Waals surface area contributed by atoms with Gasteiger partial charge in [0.25, 0.3) is 0 Å². The summed E-state index contributed by atoms with van der Waals surface area (Å²) in [6.45, 7) is 0. The minimum absolute atomic E-state index is 0.437. The lowest BCUT2D eigenvalue weighted by molar-refractivity contribution is 0.372. The van der Waals surface area contributed by atoms with Crippen LogP contribution < -0.4 is 9.47 Å². The zero-order chi connectivity index (χ0) is 21.5. The summed E-state index contributed by atoms with van der Waals surface area (Å²) < 4.78 is 11.4. The van der Waals surface area contributed by atoms with E-state index in [1.807, 2.05) is 78.9 Å². The summed E-state index contributed by atoms with van der Waals surface area (Å²) >= 11 is 1.49. The first-order valence-electron chi connectivity index (χ1n) is 9.62. The molecule has 1 aromatic heterocycles. The maximum atomic E-state index is 9.12. The SMILES string of the molecule is COc1ccccc1Oc1cc(-c2ccccc2)nc(SCc2cccc(C#N)c2)n1. The van der Waals surface area contributed by atoms with Crippen LogP contribution in [-0.4, -0.2) is 17.1 Å². The minimum atomic E-state index is 0.437. The molecule has 0 N–H and O–H groups in total. The van der Waals surface area contributed by atoms with Crippen molar-refractivity contribution in [2.45, 2.75) is 10.9 Å². The predicted molar refractivity (Wildman–Crippen MR) is 121 cm³/mol. The summed E-state index contributed by atoms with van der Waals surface area (Å²) in [6, 6.07) is 28.9. The van der Waals surface area contributed by atoms with Crippen molar-refractivity contribution in [1.29, 1.82) is 5.26 Å². The highest BCUT2D eigenvalue weighted by molar-refractivity contribution is 7.98. The molecule has 0 aliphatic heterocycles. The highest BCUT2D eigenvalue weighted by Crippen LogP contribution is 2.33. The molecule has 0 spiro atoms. The highest BCUT2D eigenvalue weighted by atomic mass is 32.2. The molecule has 0 saturated heterocycles. The Balaban J connectivity index is 1.65. The highest BCUT2D eigenvalue weighted by Gasteiger charge is 2.12. The summed E-state index contributed by atoms with van der Waals surface area (Å²) in [5, 5.41) is 9.71. The Kier molecular flexibility index (Phi) is 6.46. The van der Waals surface area contributed by atoms with E-state index in [4.69, 9.17) is 19.7 Å². The van der Waals surface area contributed by atoms with Crippen molar-refractivity contribution in [3.63, 3.8) is 0 Å². The number of benzene rings is 3. The number of nitrogens with zero attached hydrogens (tertiary/aromatic N) is 3. The number of hydrogen-bond donors (Lipinski definition) is 0. The minimum Gasteiger partial charge on any atom is -0.493 e. The molecule has 152 valence electrons. The molecule has 4 aromatic rings. The number of thioether (sulfide) groups is 1. The Morgan fingerprint density at radius 3 is 2.42 bits per heavy atom. The van der Waals surface area contributed by atoms with E-state index in [2.05, 4.69) is 11.1 Å². The second kappa shape index (κ2) is 9.79. The van der Waals surface area contributed by atoms with Gasteiger partial charge in [0.2, 0.25) is 5.88 Å². The van der Waals surface area contributed by atoms with Crippen LogP contribution in [-0.2, 0) is 5.75 Å². The maximum absolute atomic E-state index is 9.12. The average Bonchev–Trinajstić information content (AvgIpc) is 2.83. The van der Waals surface area contributed by atoms with Gasteiger partial charge < -0.3 is 9.47 Å². The zero-order valence-electron chi connectivity index (χ0n) is 16.9. The topological polar surface area (TPSA) is 68.0 Å². The third-order valence-corrected chi connectivity index (χ3v) is 5.38. The third-order valence-electron chi connectivity index (χ3n) is 4.46. The fraction of sp³-hybridized carbons (Fsp3) is 0.0800. The van der Waals surface area contributed by atoms with Crippen LogP contribution in [0.3, 0.4) is 0 Å². The van der Waals surface area contributed by atoms with Crippen molar-refractivity contribution in [3.05, 3.63) is 96.1 Å². The Labute approximate surface area is 185 Å². The normalized spacial score (nSPS) is 10.3. The molecular weight excluding hydrogens is 406 g/mol. The molecule has 0 atom stereocenters. The molecule has 1 heterocycles. The second-order valence-corrected chi connectivity index (χ2v) is 7.54. The monoisotopic (exact) mass is 425 g/mol. The molecule has 0 unspecified atom stereocenters. The third kappa shape index (κ3) is 5.21. The molecule has 4 rings (SSSR count). The predicted octanol–water partition coefficient (Wildman–Crippen LogP) is 6.11. The van der Waals surface area contributed by atoms with E-state index in [1.165, 1.54) is 11.8 Å². The number of aromatic nitrogens is 2. The van der Waals surface area contributed by atoms with Crippen molar-refractivity contribution >= 4 is 11.8 Å². The largest absolute Gasteiger partial charge is 0.493 e. The maximum Gasteiger partial charge on any atom is 0.224 e. The fourth-order valence-corrected chi connectivity index (χ4v) is 3.76. The smallest absolute Gasteiger partial charge is 0.224 e. The molecule has 3 aromatic carbocycles. The number of ether oxygens (including phenoxy) is 2. The van der Waals surface area contributed by atoms with Gasteiger partial charge in [-0.05, 0) is 29.8 Å². The van der Waals surface area contributed by atoms with Gasteiger partial charge in [0.15, 0.2) is 16.7 Å². The zero-order valence-corrected chi connectivity index (χ0v) is 17.7.